The molecule has 0 aliphatic carbocycles. The molecule has 2 aromatic rings. The van der Waals surface area contributed by atoms with Crippen LogP contribution in [-0.4, -0.2) is 24.5 Å². The second kappa shape index (κ2) is 7.28. The molecule has 21 heavy (non-hydrogen) atoms. The smallest absolute Gasteiger partial charge is 0.255 e. The van der Waals surface area contributed by atoms with Crippen molar-refractivity contribution in [1.29, 1.82) is 0 Å². The van der Waals surface area contributed by atoms with E-state index in [-0.39, 0.29) is 5.91 Å². The lowest BCUT2D eigenvalue weighted by Gasteiger charge is -2.10. The highest BCUT2D eigenvalue weighted by molar-refractivity contribution is 6.05. The van der Waals surface area contributed by atoms with Gasteiger partial charge in [0.2, 0.25) is 0 Å². The average molecular weight is 285 g/mol. The second-order valence-electron chi connectivity index (χ2n) is 4.51. The average Bonchev–Trinajstić information content (AvgIpc) is 2.53. The lowest BCUT2D eigenvalue weighted by atomic mass is 10.2. The molecule has 0 bridgehead atoms. The van der Waals surface area contributed by atoms with Crippen molar-refractivity contribution >= 4 is 17.4 Å². The Morgan fingerprint density at radius 3 is 2.86 bits per heavy atom. The van der Waals surface area contributed by atoms with Gasteiger partial charge >= 0.3 is 0 Å². The van der Waals surface area contributed by atoms with E-state index >= 15 is 0 Å². The lowest BCUT2D eigenvalue weighted by Crippen LogP contribution is -2.13. The number of anilines is 2. The summed E-state index contributed by atoms with van der Waals surface area (Å²) in [5.74, 6) is 1.13. The number of aromatic nitrogens is 1. The minimum atomic E-state index is -0.193. The van der Waals surface area contributed by atoms with Gasteiger partial charge in [-0.15, -0.1) is 0 Å². The molecule has 0 aliphatic heterocycles. The minimum absolute atomic E-state index is 0.193. The van der Waals surface area contributed by atoms with Crippen molar-refractivity contribution in [2.45, 2.75) is 13.3 Å². The Morgan fingerprint density at radius 2 is 2.10 bits per heavy atom. The number of nitrogens with one attached hydrogen (secondary N) is 2. The molecule has 1 aromatic carbocycles. The number of carbonyl (C=O) groups is 1. The van der Waals surface area contributed by atoms with E-state index < -0.39 is 0 Å². The molecule has 0 unspecified atom stereocenters. The number of para-hydroxylation sites is 2. The third kappa shape index (κ3) is 3.95. The summed E-state index contributed by atoms with van der Waals surface area (Å²) < 4.78 is 5.22. The molecule has 1 aromatic heterocycles. The number of ether oxygens (including phenoxy) is 1. The first-order valence-corrected chi connectivity index (χ1v) is 6.89. The highest BCUT2D eigenvalue weighted by Gasteiger charge is 2.10. The zero-order chi connectivity index (χ0) is 15.1. The predicted molar refractivity (Wildman–Crippen MR) is 84.0 cm³/mol. The molecule has 2 rings (SSSR count). The summed E-state index contributed by atoms with van der Waals surface area (Å²) in [6, 6.07) is 10.7. The van der Waals surface area contributed by atoms with E-state index in [2.05, 4.69) is 22.5 Å². The van der Waals surface area contributed by atoms with Crippen LogP contribution in [0.15, 0.2) is 42.6 Å². The summed E-state index contributed by atoms with van der Waals surface area (Å²) in [6.07, 6.45) is 2.62. The van der Waals surface area contributed by atoms with Crippen LogP contribution in [0.2, 0.25) is 0 Å². The van der Waals surface area contributed by atoms with Crippen LogP contribution < -0.4 is 15.4 Å². The molecule has 0 atom stereocenters. The van der Waals surface area contributed by atoms with Crippen molar-refractivity contribution in [3.63, 3.8) is 0 Å². The maximum absolute atomic E-state index is 12.3. The third-order valence-corrected chi connectivity index (χ3v) is 2.93. The van der Waals surface area contributed by atoms with Gasteiger partial charge in [0, 0.05) is 18.3 Å². The van der Waals surface area contributed by atoms with E-state index in [4.69, 9.17) is 4.74 Å². The van der Waals surface area contributed by atoms with Gasteiger partial charge in [-0.2, -0.15) is 0 Å². The second-order valence-corrected chi connectivity index (χ2v) is 4.51. The standard InChI is InChI=1S/C16H19N3O2/c1-3-9-17-15-11-12(8-10-18-15)16(20)19-13-6-4-5-7-14(13)21-2/h4-8,10-11H,3,9H2,1-2H3,(H,17,18)(H,19,20). The Kier molecular flexibility index (Phi) is 5.15. The van der Waals surface area contributed by atoms with Gasteiger partial charge in [-0.25, -0.2) is 4.98 Å². The summed E-state index contributed by atoms with van der Waals surface area (Å²) in [6.45, 7) is 2.90. The molecule has 0 aliphatic rings. The number of rotatable bonds is 6. The van der Waals surface area contributed by atoms with E-state index in [9.17, 15) is 4.79 Å². The summed E-state index contributed by atoms with van der Waals surface area (Å²) >= 11 is 0. The number of hydrogen-bond donors (Lipinski definition) is 2. The lowest BCUT2D eigenvalue weighted by molar-refractivity contribution is 0.102. The van der Waals surface area contributed by atoms with Gasteiger partial charge in [-0.3, -0.25) is 4.79 Å². The van der Waals surface area contributed by atoms with Crippen molar-refractivity contribution in [3.8, 4) is 5.75 Å². The van der Waals surface area contributed by atoms with Crippen molar-refractivity contribution in [2.24, 2.45) is 0 Å². The van der Waals surface area contributed by atoms with Crippen LogP contribution in [0.25, 0.3) is 0 Å². The number of carbonyl (C=O) groups excluding carboxylic acids is 1. The van der Waals surface area contributed by atoms with E-state index in [0.29, 0.717) is 22.8 Å². The van der Waals surface area contributed by atoms with Crippen LogP contribution in [0.3, 0.4) is 0 Å². The fourth-order valence-electron chi connectivity index (χ4n) is 1.86. The van der Waals surface area contributed by atoms with E-state index in [0.717, 1.165) is 13.0 Å². The zero-order valence-corrected chi connectivity index (χ0v) is 12.2. The maximum atomic E-state index is 12.3. The number of hydrogen-bond acceptors (Lipinski definition) is 4. The third-order valence-electron chi connectivity index (χ3n) is 2.93. The Labute approximate surface area is 124 Å². The van der Waals surface area contributed by atoms with Gasteiger partial charge in [0.25, 0.3) is 5.91 Å². The Bertz CT molecular complexity index is 614. The Hall–Kier alpha value is -2.56. The molecule has 110 valence electrons. The number of nitrogens with zero attached hydrogens (tertiary/aromatic N) is 1. The number of pyridine rings is 1. The number of amides is 1. The van der Waals surface area contributed by atoms with Crippen LogP contribution >= 0.6 is 0 Å². The molecule has 2 N–H and O–H groups in total. The molecular weight excluding hydrogens is 266 g/mol. The Balaban J connectivity index is 2.13. The molecule has 0 radical (unpaired) electrons. The zero-order valence-electron chi connectivity index (χ0n) is 12.2. The van der Waals surface area contributed by atoms with Crippen LogP contribution in [-0.2, 0) is 0 Å². The Morgan fingerprint density at radius 1 is 1.29 bits per heavy atom. The van der Waals surface area contributed by atoms with Crippen molar-refractivity contribution in [3.05, 3.63) is 48.2 Å². The first-order chi connectivity index (χ1) is 10.2. The van der Waals surface area contributed by atoms with Crippen molar-refractivity contribution in [2.75, 3.05) is 24.3 Å². The van der Waals surface area contributed by atoms with Gasteiger partial charge in [0.15, 0.2) is 0 Å². The fraction of sp³-hybridized carbons (Fsp3) is 0.250. The topological polar surface area (TPSA) is 63.2 Å². The van der Waals surface area contributed by atoms with Gasteiger partial charge in [0.1, 0.15) is 11.6 Å². The van der Waals surface area contributed by atoms with Crippen LogP contribution in [0.1, 0.15) is 23.7 Å². The highest BCUT2D eigenvalue weighted by atomic mass is 16.5. The van der Waals surface area contributed by atoms with Crippen LogP contribution in [0.5, 0.6) is 5.75 Å². The fourth-order valence-corrected chi connectivity index (χ4v) is 1.86. The molecular formula is C16H19N3O2. The monoisotopic (exact) mass is 285 g/mol. The number of benzene rings is 1. The summed E-state index contributed by atoms with van der Waals surface area (Å²) in [5.41, 5.74) is 1.19. The largest absolute Gasteiger partial charge is 0.495 e. The van der Waals surface area contributed by atoms with Gasteiger partial charge in [-0.05, 0) is 30.7 Å². The summed E-state index contributed by atoms with van der Waals surface area (Å²) in [5, 5.41) is 6.00. The maximum Gasteiger partial charge on any atom is 0.255 e. The van der Waals surface area contributed by atoms with E-state index in [1.54, 1.807) is 37.6 Å². The van der Waals surface area contributed by atoms with Crippen molar-refractivity contribution < 1.29 is 9.53 Å². The molecule has 5 heteroatoms. The summed E-state index contributed by atoms with van der Waals surface area (Å²) in [7, 11) is 1.57. The quantitative estimate of drug-likeness (QED) is 0.855. The number of methoxy groups -OCH3 is 1. The van der Waals surface area contributed by atoms with E-state index in [1.807, 2.05) is 12.1 Å². The SMILES string of the molecule is CCCNc1cc(C(=O)Nc2ccccc2OC)ccn1. The normalized spacial score (nSPS) is 10.0. The molecule has 5 nitrogen and oxygen atoms in total. The van der Waals surface area contributed by atoms with Crippen LogP contribution in [0.4, 0.5) is 11.5 Å². The predicted octanol–water partition coefficient (Wildman–Crippen LogP) is 3.16. The van der Waals surface area contributed by atoms with Gasteiger partial charge in [-0.1, -0.05) is 19.1 Å². The van der Waals surface area contributed by atoms with Gasteiger partial charge < -0.3 is 15.4 Å². The van der Waals surface area contributed by atoms with Crippen LogP contribution in [0, 0.1) is 0 Å². The highest BCUT2D eigenvalue weighted by Crippen LogP contribution is 2.23. The molecule has 1 amide bonds. The van der Waals surface area contributed by atoms with E-state index in [1.165, 1.54) is 0 Å². The first kappa shape index (κ1) is 14.8. The van der Waals surface area contributed by atoms with Gasteiger partial charge in [0.05, 0.1) is 12.8 Å². The molecule has 0 saturated heterocycles. The molecule has 0 spiro atoms. The van der Waals surface area contributed by atoms with Crippen molar-refractivity contribution in [1.82, 2.24) is 4.98 Å². The molecule has 1 heterocycles. The first-order valence-electron chi connectivity index (χ1n) is 6.89. The molecule has 0 fully saturated rings. The summed E-state index contributed by atoms with van der Waals surface area (Å²) in [4.78, 5) is 16.5. The molecule has 0 saturated carbocycles. The minimum Gasteiger partial charge on any atom is -0.495 e.